The lowest BCUT2D eigenvalue weighted by Crippen LogP contribution is -2.14. The van der Waals surface area contributed by atoms with Gasteiger partial charge in [0.1, 0.15) is 18.1 Å². The Morgan fingerprint density at radius 2 is 1.81 bits per heavy atom. The van der Waals surface area contributed by atoms with Crippen molar-refractivity contribution in [1.82, 2.24) is 9.78 Å². The first-order valence-corrected chi connectivity index (χ1v) is 10.9. The number of hydrogen-bond donors (Lipinski definition) is 0. The fraction of sp³-hybridized carbons (Fsp3) is 0.320. The van der Waals surface area contributed by atoms with Crippen LogP contribution in [0.5, 0.6) is 5.75 Å². The predicted molar refractivity (Wildman–Crippen MR) is 124 cm³/mol. The summed E-state index contributed by atoms with van der Waals surface area (Å²) in [5, 5.41) is 4.66. The summed E-state index contributed by atoms with van der Waals surface area (Å²) >= 11 is 5.70. The van der Waals surface area contributed by atoms with Gasteiger partial charge in [0.2, 0.25) is 0 Å². The maximum atomic E-state index is 12.0. The summed E-state index contributed by atoms with van der Waals surface area (Å²) in [6.45, 7) is 4.32. The molecule has 0 radical (unpaired) electrons. The summed E-state index contributed by atoms with van der Waals surface area (Å²) in [6, 6.07) is 17.6. The van der Waals surface area contributed by atoms with Gasteiger partial charge in [0.25, 0.3) is 0 Å². The third-order valence-electron chi connectivity index (χ3n) is 5.30. The van der Waals surface area contributed by atoms with Crippen molar-refractivity contribution in [2.24, 2.45) is 0 Å². The van der Waals surface area contributed by atoms with Crippen LogP contribution in [0.25, 0.3) is 5.69 Å². The molecule has 0 unspecified atom stereocenters. The van der Waals surface area contributed by atoms with Crippen LogP contribution in [-0.4, -0.2) is 34.5 Å². The fourth-order valence-corrected chi connectivity index (χ4v) is 3.76. The topological polar surface area (TPSA) is 70.4 Å². The Bertz CT molecular complexity index is 1060. The van der Waals surface area contributed by atoms with Crippen LogP contribution < -0.4 is 4.74 Å². The zero-order valence-corrected chi connectivity index (χ0v) is 19.3. The molecule has 1 aromatic heterocycles. The molecule has 0 aliphatic heterocycles. The lowest BCUT2D eigenvalue weighted by molar-refractivity contribution is -0.141. The van der Waals surface area contributed by atoms with Crippen LogP contribution in [0, 0.1) is 13.8 Å². The van der Waals surface area contributed by atoms with E-state index < -0.39 is 0 Å². The summed E-state index contributed by atoms with van der Waals surface area (Å²) in [4.78, 5) is 23.9. The zero-order chi connectivity index (χ0) is 23.1. The Kier molecular flexibility index (Phi) is 8.06. The van der Waals surface area contributed by atoms with E-state index in [4.69, 9.17) is 21.1 Å². The number of methoxy groups -OCH3 is 1. The lowest BCUT2D eigenvalue weighted by atomic mass is 9.90. The molecule has 3 rings (SSSR count). The highest BCUT2D eigenvalue weighted by Crippen LogP contribution is 2.30. The van der Waals surface area contributed by atoms with E-state index in [0.29, 0.717) is 6.61 Å². The summed E-state index contributed by atoms with van der Waals surface area (Å²) < 4.78 is 12.7. The highest BCUT2D eigenvalue weighted by atomic mass is 35.5. The van der Waals surface area contributed by atoms with Crippen LogP contribution in [0.4, 0.5) is 0 Å². The zero-order valence-electron chi connectivity index (χ0n) is 18.5. The van der Waals surface area contributed by atoms with E-state index >= 15 is 0 Å². The molecule has 0 saturated carbocycles. The normalized spacial score (nSPS) is 11.8. The number of carbonyl (C=O) groups excluding carboxylic acids is 2. The minimum Gasteiger partial charge on any atom is -0.485 e. The molecule has 2 aromatic carbocycles. The van der Waals surface area contributed by atoms with Gasteiger partial charge in [0, 0.05) is 12.3 Å². The maximum Gasteiger partial charge on any atom is 0.306 e. The largest absolute Gasteiger partial charge is 0.485 e. The minimum absolute atomic E-state index is 0.0864. The molecule has 0 bridgehead atoms. The molecule has 168 valence electrons. The van der Waals surface area contributed by atoms with E-state index in [1.807, 2.05) is 73.1 Å². The Morgan fingerprint density at radius 3 is 2.50 bits per heavy atom. The SMILES string of the molecule is COC(=O)C[C@H](CC(=O)CCl)c1cccc(-n2nc(C)c(OCc3ccccc3)c2C)c1. The van der Waals surface area contributed by atoms with Crippen LogP contribution in [0.15, 0.2) is 54.6 Å². The van der Waals surface area contributed by atoms with Crippen molar-refractivity contribution in [1.29, 1.82) is 0 Å². The van der Waals surface area contributed by atoms with E-state index in [-0.39, 0.29) is 36.4 Å². The molecular formula is C25H27ClN2O4. The third kappa shape index (κ3) is 5.77. The quantitative estimate of drug-likeness (QED) is 0.321. The number of Topliss-reactive ketones (excluding diaryl/α,β-unsaturated/α-hetero) is 1. The Hall–Kier alpha value is -3.12. The molecule has 0 amide bonds. The molecular weight excluding hydrogens is 428 g/mol. The molecule has 0 spiro atoms. The summed E-state index contributed by atoms with van der Waals surface area (Å²) in [7, 11) is 1.34. The van der Waals surface area contributed by atoms with Crippen LogP contribution in [0.2, 0.25) is 0 Å². The van der Waals surface area contributed by atoms with Gasteiger partial charge in [-0.25, -0.2) is 4.68 Å². The second-order valence-electron chi connectivity index (χ2n) is 7.63. The van der Waals surface area contributed by atoms with Crippen molar-refractivity contribution in [3.63, 3.8) is 0 Å². The molecule has 7 heteroatoms. The van der Waals surface area contributed by atoms with Gasteiger partial charge in [-0.2, -0.15) is 5.10 Å². The minimum atomic E-state index is -0.370. The van der Waals surface area contributed by atoms with E-state index in [9.17, 15) is 9.59 Å². The van der Waals surface area contributed by atoms with Gasteiger partial charge < -0.3 is 9.47 Å². The fourth-order valence-electron chi connectivity index (χ4n) is 3.65. The number of hydrogen-bond acceptors (Lipinski definition) is 5. The van der Waals surface area contributed by atoms with Crippen molar-refractivity contribution in [3.8, 4) is 11.4 Å². The van der Waals surface area contributed by atoms with Gasteiger partial charge >= 0.3 is 5.97 Å². The number of rotatable bonds is 10. The van der Waals surface area contributed by atoms with Gasteiger partial charge in [0.15, 0.2) is 5.75 Å². The standard InChI is InChI=1S/C25H27ClN2O4/c1-17-25(32-16-19-8-5-4-6-9-19)18(2)28(27-17)22-11-7-10-20(12-22)21(13-23(29)15-26)14-24(30)31-3/h4-12,21H,13-16H2,1-3H3/t21-/m0/s1. The molecule has 0 aliphatic rings. The summed E-state index contributed by atoms with van der Waals surface area (Å²) in [5.74, 6) is -0.155. The first kappa shape index (κ1) is 23.5. The molecule has 0 N–H and O–H groups in total. The first-order chi connectivity index (χ1) is 15.4. The summed E-state index contributed by atoms with van der Waals surface area (Å²) in [5.41, 5.74) is 4.41. The Morgan fingerprint density at radius 1 is 1.06 bits per heavy atom. The predicted octanol–water partition coefficient (Wildman–Crippen LogP) is 4.91. The monoisotopic (exact) mass is 454 g/mol. The van der Waals surface area contributed by atoms with E-state index in [1.54, 1.807) is 0 Å². The Labute approximate surface area is 193 Å². The lowest BCUT2D eigenvalue weighted by Gasteiger charge is -2.16. The van der Waals surface area contributed by atoms with Crippen molar-refractivity contribution < 1.29 is 19.1 Å². The number of alkyl halides is 1. The second-order valence-corrected chi connectivity index (χ2v) is 7.90. The maximum absolute atomic E-state index is 12.0. The van der Waals surface area contributed by atoms with Gasteiger partial charge in [-0.3, -0.25) is 9.59 Å². The summed E-state index contributed by atoms with van der Waals surface area (Å²) in [6.07, 6.45) is 0.274. The molecule has 0 aliphatic carbocycles. The number of halogens is 1. The number of esters is 1. The number of ether oxygens (including phenoxy) is 2. The number of nitrogens with zero attached hydrogens (tertiary/aromatic N) is 2. The van der Waals surface area contributed by atoms with E-state index in [2.05, 4.69) is 5.10 Å². The van der Waals surface area contributed by atoms with Crippen molar-refractivity contribution in [2.45, 2.75) is 39.2 Å². The molecule has 0 saturated heterocycles. The average Bonchev–Trinajstić information content (AvgIpc) is 3.10. The Balaban J connectivity index is 1.87. The van der Waals surface area contributed by atoms with Gasteiger partial charge in [-0.05, 0) is 37.1 Å². The highest BCUT2D eigenvalue weighted by Gasteiger charge is 2.21. The molecule has 1 heterocycles. The molecule has 1 atom stereocenters. The highest BCUT2D eigenvalue weighted by molar-refractivity contribution is 6.27. The second kappa shape index (κ2) is 11.0. The van der Waals surface area contributed by atoms with Crippen molar-refractivity contribution >= 4 is 23.4 Å². The molecule has 32 heavy (non-hydrogen) atoms. The van der Waals surface area contributed by atoms with Gasteiger partial charge in [-0.1, -0.05) is 42.5 Å². The molecule has 0 fully saturated rings. The number of benzene rings is 2. The van der Waals surface area contributed by atoms with Gasteiger partial charge in [-0.15, -0.1) is 11.6 Å². The van der Waals surface area contributed by atoms with Crippen molar-refractivity contribution in [2.75, 3.05) is 13.0 Å². The number of carbonyl (C=O) groups is 2. The van der Waals surface area contributed by atoms with Crippen LogP contribution >= 0.6 is 11.6 Å². The number of aromatic nitrogens is 2. The van der Waals surface area contributed by atoms with Crippen LogP contribution in [-0.2, 0) is 20.9 Å². The smallest absolute Gasteiger partial charge is 0.306 e. The van der Waals surface area contributed by atoms with Crippen LogP contribution in [0.3, 0.4) is 0 Å². The van der Waals surface area contributed by atoms with Crippen molar-refractivity contribution in [3.05, 3.63) is 77.1 Å². The average molecular weight is 455 g/mol. The third-order valence-corrected chi connectivity index (χ3v) is 5.60. The van der Waals surface area contributed by atoms with Gasteiger partial charge in [0.05, 0.1) is 30.8 Å². The van der Waals surface area contributed by atoms with E-state index in [1.165, 1.54) is 7.11 Å². The number of ketones is 1. The molecule has 6 nitrogen and oxygen atoms in total. The molecule has 3 aromatic rings. The van der Waals surface area contributed by atoms with E-state index in [0.717, 1.165) is 34.0 Å². The number of aryl methyl sites for hydroxylation is 1. The first-order valence-electron chi connectivity index (χ1n) is 10.4. The van der Waals surface area contributed by atoms with Crippen LogP contribution in [0.1, 0.15) is 41.3 Å².